The van der Waals surface area contributed by atoms with Crippen LogP contribution in [0.25, 0.3) is 0 Å². The summed E-state index contributed by atoms with van der Waals surface area (Å²) in [5.74, 6) is -2.04. The second kappa shape index (κ2) is 5.43. The fourth-order valence-electron chi connectivity index (χ4n) is 1.15. The van der Waals surface area contributed by atoms with E-state index < -0.39 is 11.8 Å². The summed E-state index contributed by atoms with van der Waals surface area (Å²) in [5.41, 5.74) is 20.6. The molecule has 0 aliphatic heterocycles. The van der Waals surface area contributed by atoms with Crippen molar-refractivity contribution in [1.29, 1.82) is 0 Å². The first-order valence-electron chi connectivity index (χ1n) is 4.78. The molecule has 0 spiro atoms. The molecular formula is C10H12N6O2. The number of amides is 2. The highest BCUT2D eigenvalue weighted by molar-refractivity contribution is 6.06. The van der Waals surface area contributed by atoms with Crippen LogP contribution in [-0.4, -0.2) is 23.7 Å². The van der Waals surface area contributed by atoms with E-state index in [0.29, 0.717) is 0 Å². The third-order valence-corrected chi connectivity index (χ3v) is 1.82. The Hall–Kier alpha value is -2.90. The van der Waals surface area contributed by atoms with Gasteiger partial charge < -0.3 is 22.9 Å². The van der Waals surface area contributed by atoms with Gasteiger partial charge in [0.15, 0.2) is 11.9 Å². The molecule has 18 heavy (non-hydrogen) atoms. The van der Waals surface area contributed by atoms with E-state index in [-0.39, 0.29) is 23.0 Å². The van der Waals surface area contributed by atoms with Crippen molar-refractivity contribution in [1.82, 2.24) is 0 Å². The minimum Gasteiger partial charge on any atom is -0.370 e. The number of nitrogens with two attached hydrogens (primary N) is 4. The normalized spacial score (nSPS) is 9.33. The fourth-order valence-corrected chi connectivity index (χ4v) is 1.15. The molecule has 0 heterocycles. The smallest absolute Gasteiger partial charge is 0.280 e. The van der Waals surface area contributed by atoms with Crippen LogP contribution >= 0.6 is 0 Å². The maximum atomic E-state index is 11.5. The van der Waals surface area contributed by atoms with E-state index in [1.165, 1.54) is 24.3 Å². The Morgan fingerprint density at radius 2 is 1.22 bits per heavy atom. The Labute approximate surface area is 102 Å². The van der Waals surface area contributed by atoms with Crippen molar-refractivity contribution in [2.75, 3.05) is 0 Å². The summed E-state index contributed by atoms with van der Waals surface area (Å²) in [4.78, 5) is 29.7. The van der Waals surface area contributed by atoms with Gasteiger partial charge in [-0.3, -0.25) is 9.59 Å². The number of hydrogen-bond donors (Lipinski definition) is 4. The van der Waals surface area contributed by atoms with E-state index in [0.717, 1.165) is 0 Å². The third kappa shape index (κ3) is 3.59. The molecule has 0 aromatic heterocycles. The van der Waals surface area contributed by atoms with Gasteiger partial charge in [-0.1, -0.05) is 6.07 Å². The van der Waals surface area contributed by atoms with Crippen LogP contribution in [0.4, 0.5) is 0 Å². The van der Waals surface area contributed by atoms with Gasteiger partial charge in [0, 0.05) is 11.1 Å². The van der Waals surface area contributed by atoms with E-state index in [4.69, 9.17) is 22.9 Å². The quantitative estimate of drug-likeness (QED) is 0.368. The lowest BCUT2D eigenvalue weighted by Crippen LogP contribution is -2.24. The number of benzene rings is 1. The predicted octanol–water partition coefficient (Wildman–Crippen LogP) is -1.49. The third-order valence-electron chi connectivity index (χ3n) is 1.82. The molecular weight excluding hydrogens is 236 g/mol. The van der Waals surface area contributed by atoms with Gasteiger partial charge in [-0.15, -0.1) is 0 Å². The number of rotatable bonds is 2. The van der Waals surface area contributed by atoms with Crippen molar-refractivity contribution in [3.05, 3.63) is 35.4 Å². The van der Waals surface area contributed by atoms with Crippen LogP contribution in [0.3, 0.4) is 0 Å². The zero-order chi connectivity index (χ0) is 13.7. The molecule has 0 radical (unpaired) electrons. The molecule has 8 heteroatoms. The fraction of sp³-hybridized carbons (Fsp3) is 0. The van der Waals surface area contributed by atoms with E-state index in [9.17, 15) is 9.59 Å². The monoisotopic (exact) mass is 248 g/mol. The Morgan fingerprint density at radius 1 is 0.833 bits per heavy atom. The number of carbonyl (C=O) groups excluding carboxylic acids is 2. The van der Waals surface area contributed by atoms with Crippen LogP contribution in [0.5, 0.6) is 0 Å². The second-order valence-electron chi connectivity index (χ2n) is 3.26. The molecule has 0 saturated carbocycles. The first-order valence-corrected chi connectivity index (χ1v) is 4.78. The largest absolute Gasteiger partial charge is 0.370 e. The van der Waals surface area contributed by atoms with Crippen LogP contribution in [0.1, 0.15) is 20.7 Å². The predicted molar refractivity (Wildman–Crippen MR) is 66.7 cm³/mol. The molecule has 2 amide bonds. The molecule has 0 saturated heterocycles. The van der Waals surface area contributed by atoms with Gasteiger partial charge in [-0.05, 0) is 18.2 Å². The average Bonchev–Trinajstić information content (AvgIpc) is 2.27. The van der Waals surface area contributed by atoms with Crippen molar-refractivity contribution in [3.8, 4) is 0 Å². The van der Waals surface area contributed by atoms with Crippen molar-refractivity contribution in [2.24, 2.45) is 32.9 Å². The molecule has 1 aromatic carbocycles. The van der Waals surface area contributed by atoms with E-state index in [1.54, 1.807) is 0 Å². The zero-order valence-electron chi connectivity index (χ0n) is 9.33. The summed E-state index contributed by atoms with van der Waals surface area (Å²) < 4.78 is 0. The molecule has 0 unspecified atom stereocenters. The summed E-state index contributed by atoms with van der Waals surface area (Å²) in [5, 5.41) is 0. The van der Waals surface area contributed by atoms with Gasteiger partial charge in [0.05, 0.1) is 0 Å². The lowest BCUT2D eigenvalue weighted by Gasteiger charge is -1.99. The zero-order valence-corrected chi connectivity index (χ0v) is 9.33. The van der Waals surface area contributed by atoms with Crippen molar-refractivity contribution in [3.63, 3.8) is 0 Å². The minimum atomic E-state index is -0.658. The van der Waals surface area contributed by atoms with Gasteiger partial charge in [-0.25, -0.2) is 0 Å². The maximum Gasteiger partial charge on any atom is 0.280 e. The Balaban J connectivity index is 3.07. The van der Waals surface area contributed by atoms with Crippen molar-refractivity contribution in [2.45, 2.75) is 0 Å². The van der Waals surface area contributed by atoms with E-state index >= 15 is 0 Å². The first kappa shape index (κ1) is 13.2. The lowest BCUT2D eigenvalue weighted by molar-refractivity contribution is 0.100. The summed E-state index contributed by atoms with van der Waals surface area (Å²) >= 11 is 0. The number of nitrogens with zero attached hydrogens (tertiary/aromatic N) is 2. The van der Waals surface area contributed by atoms with Crippen LogP contribution < -0.4 is 22.9 Å². The number of guanidine groups is 2. The summed E-state index contributed by atoms with van der Waals surface area (Å²) in [7, 11) is 0. The molecule has 1 aromatic rings. The number of aliphatic imine (C=N–C) groups is 2. The summed E-state index contributed by atoms with van der Waals surface area (Å²) in [6.07, 6.45) is 0. The van der Waals surface area contributed by atoms with Gasteiger partial charge in [0.1, 0.15) is 0 Å². The van der Waals surface area contributed by atoms with Crippen LogP contribution in [0.15, 0.2) is 34.3 Å². The molecule has 0 atom stereocenters. The Kier molecular flexibility index (Phi) is 3.98. The summed E-state index contributed by atoms with van der Waals surface area (Å²) in [6, 6.07) is 5.70. The van der Waals surface area contributed by atoms with Crippen LogP contribution in [0.2, 0.25) is 0 Å². The molecule has 8 N–H and O–H groups in total. The van der Waals surface area contributed by atoms with E-state index in [2.05, 4.69) is 9.98 Å². The van der Waals surface area contributed by atoms with Crippen molar-refractivity contribution < 1.29 is 9.59 Å². The highest BCUT2D eigenvalue weighted by Crippen LogP contribution is 2.08. The molecule has 8 nitrogen and oxygen atoms in total. The maximum absolute atomic E-state index is 11.5. The number of hydrogen-bond acceptors (Lipinski definition) is 2. The second-order valence-corrected chi connectivity index (χ2v) is 3.26. The van der Waals surface area contributed by atoms with Gasteiger partial charge in [0.2, 0.25) is 0 Å². The average molecular weight is 248 g/mol. The highest BCUT2D eigenvalue weighted by Gasteiger charge is 2.09. The van der Waals surface area contributed by atoms with Crippen molar-refractivity contribution >= 4 is 23.7 Å². The van der Waals surface area contributed by atoms with Gasteiger partial charge >= 0.3 is 0 Å². The molecule has 0 aliphatic rings. The molecule has 0 fully saturated rings. The van der Waals surface area contributed by atoms with Crippen LogP contribution in [-0.2, 0) is 0 Å². The molecule has 0 aliphatic carbocycles. The number of carbonyl (C=O) groups is 2. The SMILES string of the molecule is NC(N)=NC(=O)c1cccc(C(=O)N=C(N)N)c1. The van der Waals surface area contributed by atoms with Crippen LogP contribution in [0, 0.1) is 0 Å². The van der Waals surface area contributed by atoms with Gasteiger partial charge in [-0.2, -0.15) is 9.98 Å². The molecule has 0 bridgehead atoms. The Bertz CT molecular complexity index is 496. The lowest BCUT2D eigenvalue weighted by atomic mass is 10.1. The molecule has 94 valence electrons. The topological polar surface area (TPSA) is 163 Å². The van der Waals surface area contributed by atoms with Gasteiger partial charge in [0.25, 0.3) is 11.8 Å². The summed E-state index contributed by atoms with van der Waals surface area (Å²) in [6.45, 7) is 0. The minimum absolute atomic E-state index is 0.153. The van der Waals surface area contributed by atoms with E-state index in [1.807, 2.05) is 0 Å². The Morgan fingerprint density at radius 3 is 1.56 bits per heavy atom. The standard InChI is InChI=1S/C10H12N6O2/c11-9(12)15-7(17)5-2-1-3-6(4-5)8(18)16-10(13)14/h1-4H,(H4,11,12,15,17)(H4,13,14,16,18). The molecule has 1 rings (SSSR count). The first-order chi connectivity index (χ1) is 8.40. The highest BCUT2D eigenvalue weighted by atomic mass is 16.2.